The molecular weight excluding hydrogens is 250 g/mol. The molecule has 2 atom stereocenters. The highest BCUT2D eigenvalue weighted by Gasteiger charge is 2.18. The van der Waals surface area contributed by atoms with Crippen LogP contribution in [0.2, 0.25) is 0 Å². The van der Waals surface area contributed by atoms with Crippen LogP contribution in [-0.4, -0.2) is 11.7 Å². The zero-order chi connectivity index (χ0) is 14.4. The van der Waals surface area contributed by atoms with Crippen molar-refractivity contribution in [1.29, 1.82) is 0 Å². The average molecular weight is 271 g/mol. The average Bonchev–Trinajstić information content (AvgIpc) is 2.53. The lowest BCUT2D eigenvalue weighted by molar-refractivity contribution is 0.147. The summed E-state index contributed by atoms with van der Waals surface area (Å²) < 4.78 is 5.52. The van der Waals surface area contributed by atoms with E-state index in [4.69, 9.17) is 10.5 Å². The largest absolute Gasteiger partial charge is 0.494 e. The molecule has 2 aromatic carbocycles. The molecule has 0 aliphatic carbocycles. The number of hydrogen-bond donors (Lipinski definition) is 2. The van der Waals surface area contributed by atoms with Crippen molar-refractivity contribution in [3.63, 3.8) is 0 Å². The Morgan fingerprint density at radius 2 is 1.65 bits per heavy atom. The molecule has 20 heavy (non-hydrogen) atoms. The van der Waals surface area contributed by atoms with Gasteiger partial charge in [0, 0.05) is 0 Å². The summed E-state index contributed by atoms with van der Waals surface area (Å²) in [4.78, 5) is 0. The molecule has 3 heteroatoms. The van der Waals surface area contributed by atoms with Gasteiger partial charge in [0.25, 0.3) is 0 Å². The van der Waals surface area contributed by atoms with Gasteiger partial charge in [-0.15, -0.1) is 0 Å². The quantitative estimate of drug-likeness (QED) is 0.848. The van der Waals surface area contributed by atoms with Gasteiger partial charge >= 0.3 is 0 Å². The number of rotatable bonds is 6. The van der Waals surface area contributed by atoms with Crippen molar-refractivity contribution in [1.82, 2.24) is 0 Å². The fourth-order valence-electron chi connectivity index (χ4n) is 2.05. The zero-order valence-corrected chi connectivity index (χ0v) is 11.7. The summed E-state index contributed by atoms with van der Waals surface area (Å²) in [5, 5.41) is 10.3. The van der Waals surface area contributed by atoms with E-state index < -0.39 is 12.1 Å². The minimum atomic E-state index is -0.724. The Morgan fingerprint density at radius 3 is 2.25 bits per heavy atom. The summed E-state index contributed by atoms with van der Waals surface area (Å²) in [5.41, 5.74) is 7.83. The van der Waals surface area contributed by atoms with E-state index in [2.05, 4.69) is 6.92 Å². The molecule has 0 aliphatic rings. The van der Waals surface area contributed by atoms with Crippen LogP contribution in [0.15, 0.2) is 54.6 Å². The lowest BCUT2D eigenvalue weighted by Gasteiger charge is -2.20. The Bertz CT molecular complexity index is 510. The third-order valence-corrected chi connectivity index (χ3v) is 3.22. The first-order valence-electron chi connectivity index (χ1n) is 6.93. The summed E-state index contributed by atoms with van der Waals surface area (Å²) in [6.45, 7) is 2.77. The Balaban J connectivity index is 2.07. The number of ether oxygens (including phenoxy) is 1. The Hall–Kier alpha value is -1.84. The van der Waals surface area contributed by atoms with Crippen molar-refractivity contribution >= 4 is 0 Å². The molecular formula is C17H21NO2. The molecule has 0 radical (unpaired) electrons. The molecule has 0 aromatic heterocycles. The predicted octanol–water partition coefficient (Wildman–Crippen LogP) is 3.21. The zero-order valence-electron chi connectivity index (χ0n) is 11.7. The van der Waals surface area contributed by atoms with Gasteiger partial charge in [-0.05, 0) is 29.7 Å². The van der Waals surface area contributed by atoms with Gasteiger partial charge < -0.3 is 15.6 Å². The Labute approximate surface area is 120 Å². The second-order valence-corrected chi connectivity index (χ2v) is 4.80. The number of aliphatic hydroxyl groups is 1. The molecule has 0 saturated carbocycles. The number of benzene rings is 2. The van der Waals surface area contributed by atoms with E-state index in [0.29, 0.717) is 6.61 Å². The van der Waals surface area contributed by atoms with Gasteiger partial charge in [-0.25, -0.2) is 0 Å². The lowest BCUT2D eigenvalue weighted by atomic mass is 9.97. The molecule has 0 spiro atoms. The molecule has 2 rings (SSSR count). The molecule has 0 bridgehead atoms. The van der Waals surface area contributed by atoms with Gasteiger partial charge in [-0.2, -0.15) is 0 Å². The summed E-state index contributed by atoms with van der Waals surface area (Å²) in [6.07, 6.45) is 0.251. The van der Waals surface area contributed by atoms with Gasteiger partial charge in [0.2, 0.25) is 0 Å². The maximum absolute atomic E-state index is 10.3. The summed E-state index contributed by atoms with van der Waals surface area (Å²) >= 11 is 0. The summed E-state index contributed by atoms with van der Waals surface area (Å²) in [6, 6.07) is 16.6. The lowest BCUT2D eigenvalue weighted by Crippen LogP contribution is -2.19. The van der Waals surface area contributed by atoms with Crippen LogP contribution in [-0.2, 0) is 0 Å². The topological polar surface area (TPSA) is 55.5 Å². The van der Waals surface area contributed by atoms with E-state index in [1.54, 1.807) is 0 Å². The van der Waals surface area contributed by atoms with Crippen molar-refractivity contribution < 1.29 is 9.84 Å². The molecule has 3 nitrogen and oxygen atoms in total. The molecule has 106 valence electrons. The van der Waals surface area contributed by atoms with Crippen molar-refractivity contribution in [2.75, 3.05) is 6.61 Å². The van der Waals surface area contributed by atoms with Crippen molar-refractivity contribution in [3.8, 4) is 5.75 Å². The fraction of sp³-hybridized carbons (Fsp3) is 0.294. The molecule has 3 N–H and O–H groups in total. The van der Waals surface area contributed by atoms with Crippen LogP contribution in [0.3, 0.4) is 0 Å². The van der Waals surface area contributed by atoms with E-state index in [0.717, 1.165) is 23.3 Å². The number of nitrogens with two attached hydrogens (primary N) is 1. The number of hydrogen-bond acceptors (Lipinski definition) is 3. The van der Waals surface area contributed by atoms with Gasteiger partial charge in [-0.3, -0.25) is 0 Å². The monoisotopic (exact) mass is 271 g/mol. The second kappa shape index (κ2) is 7.08. The van der Waals surface area contributed by atoms with Crippen LogP contribution < -0.4 is 10.5 Å². The Kier molecular flexibility index (Phi) is 5.16. The van der Waals surface area contributed by atoms with E-state index >= 15 is 0 Å². The van der Waals surface area contributed by atoms with Crippen LogP contribution in [0.1, 0.15) is 36.6 Å². The van der Waals surface area contributed by atoms with Crippen LogP contribution in [0.5, 0.6) is 5.75 Å². The second-order valence-electron chi connectivity index (χ2n) is 4.80. The van der Waals surface area contributed by atoms with E-state index in [9.17, 15) is 5.11 Å². The first kappa shape index (κ1) is 14.6. The van der Waals surface area contributed by atoms with Crippen molar-refractivity contribution in [3.05, 3.63) is 65.7 Å². The summed E-state index contributed by atoms with van der Waals surface area (Å²) in [7, 11) is 0. The smallest absolute Gasteiger partial charge is 0.119 e. The molecule has 0 saturated heterocycles. The van der Waals surface area contributed by atoms with Gasteiger partial charge in [0.05, 0.1) is 18.8 Å². The van der Waals surface area contributed by atoms with E-state index in [1.165, 1.54) is 0 Å². The van der Waals surface area contributed by atoms with Gasteiger partial charge in [0.1, 0.15) is 5.75 Å². The van der Waals surface area contributed by atoms with E-state index in [-0.39, 0.29) is 0 Å². The van der Waals surface area contributed by atoms with Crippen LogP contribution in [0.25, 0.3) is 0 Å². The van der Waals surface area contributed by atoms with Gasteiger partial charge in [0.15, 0.2) is 0 Å². The van der Waals surface area contributed by atoms with Gasteiger partial charge in [-0.1, -0.05) is 49.4 Å². The minimum Gasteiger partial charge on any atom is -0.494 e. The Morgan fingerprint density at radius 1 is 1.00 bits per heavy atom. The van der Waals surface area contributed by atoms with Crippen molar-refractivity contribution in [2.45, 2.75) is 25.5 Å². The highest BCUT2D eigenvalue weighted by Crippen LogP contribution is 2.27. The molecule has 0 heterocycles. The summed E-state index contributed by atoms with van der Waals surface area (Å²) in [5.74, 6) is 0.816. The minimum absolute atomic E-state index is 0.432. The standard InChI is InChI=1S/C17H21NO2/c1-2-12-20-15-10-8-14(9-11-15)17(19)16(18)13-6-4-3-5-7-13/h3-11,16-17,19H,2,12,18H2,1H3. The highest BCUT2D eigenvalue weighted by atomic mass is 16.5. The molecule has 0 aliphatic heterocycles. The highest BCUT2D eigenvalue weighted by molar-refractivity contribution is 5.31. The van der Waals surface area contributed by atoms with Crippen LogP contribution >= 0.6 is 0 Å². The maximum Gasteiger partial charge on any atom is 0.119 e. The third kappa shape index (κ3) is 3.59. The van der Waals surface area contributed by atoms with Crippen molar-refractivity contribution in [2.24, 2.45) is 5.73 Å². The fourth-order valence-corrected chi connectivity index (χ4v) is 2.05. The third-order valence-electron chi connectivity index (χ3n) is 3.22. The SMILES string of the molecule is CCCOc1ccc(C(O)C(N)c2ccccc2)cc1. The predicted molar refractivity (Wildman–Crippen MR) is 80.6 cm³/mol. The number of aliphatic hydroxyl groups excluding tert-OH is 1. The molecule has 0 fully saturated rings. The molecule has 0 amide bonds. The first-order chi connectivity index (χ1) is 9.72. The van der Waals surface area contributed by atoms with E-state index in [1.807, 2.05) is 54.6 Å². The van der Waals surface area contributed by atoms with Crippen LogP contribution in [0.4, 0.5) is 0 Å². The maximum atomic E-state index is 10.3. The molecule has 2 unspecified atom stereocenters. The van der Waals surface area contributed by atoms with Crippen LogP contribution in [0, 0.1) is 0 Å². The first-order valence-corrected chi connectivity index (χ1v) is 6.93. The normalized spacial score (nSPS) is 13.8. The molecule has 2 aromatic rings.